The zero-order valence-corrected chi connectivity index (χ0v) is 7.27. The number of hydrogen-bond acceptors (Lipinski definition) is 4. The molecule has 5 nitrogen and oxygen atoms in total. The Hall–Kier alpha value is -1.78. The third kappa shape index (κ3) is 2.62. The molecule has 0 atom stereocenters. The molecule has 1 aromatic heterocycles. The molecule has 0 radical (unpaired) electrons. The molecule has 5 heteroatoms. The van der Waals surface area contributed by atoms with Crippen LogP contribution >= 0.6 is 0 Å². The number of nitrogens with zero attached hydrogens (tertiary/aromatic N) is 2. The largest absolute Gasteiger partial charge is 0.497 e. The van der Waals surface area contributed by atoms with E-state index in [0.29, 0.717) is 17.9 Å². The van der Waals surface area contributed by atoms with Gasteiger partial charge in [-0.05, 0) is 6.07 Å². The van der Waals surface area contributed by atoms with Gasteiger partial charge < -0.3 is 15.7 Å². The molecular weight excluding hydrogens is 170 g/mol. The van der Waals surface area contributed by atoms with Crippen molar-refractivity contribution in [1.29, 1.82) is 0 Å². The van der Waals surface area contributed by atoms with Crippen molar-refractivity contribution in [3.8, 4) is 5.75 Å². The number of oxime groups is 1. The first-order chi connectivity index (χ1) is 6.26. The van der Waals surface area contributed by atoms with E-state index in [1.165, 1.54) is 0 Å². The minimum absolute atomic E-state index is 0.126. The number of nitrogens with two attached hydrogens (primary N) is 1. The summed E-state index contributed by atoms with van der Waals surface area (Å²) >= 11 is 0. The van der Waals surface area contributed by atoms with Gasteiger partial charge in [0.15, 0.2) is 0 Å². The van der Waals surface area contributed by atoms with E-state index < -0.39 is 0 Å². The highest BCUT2D eigenvalue weighted by molar-refractivity contribution is 5.81. The number of amidine groups is 1. The molecule has 0 aromatic carbocycles. The predicted molar refractivity (Wildman–Crippen MR) is 47.9 cm³/mol. The van der Waals surface area contributed by atoms with Crippen LogP contribution in [0.4, 0.5) is 0 Å². The van der Waals surface area contributed by atoms with E-state index in [0.717, 1.165) is 0 Å². The van der Waals surface area contributed by atoms with Crippen molar-refractivity contribution in [3.63, 3.8) is 0 Å². The molecule has 0 aliphatic rings. The summed E-state index contributed by atoms with van der Waals surface area (Å²) in [6.45, 7) is 0. The van der Waals surface area contributed by atoms with Crippen molar-refractivity contribution in [2.45, 2.75) is 6.42 Å². The second-order valence-electron chi connectivity index (χ2n) is 2.46. The van der Waals surface area contributed by atoms with Gasteiger partial charge in [-0.3, -0.25) is 4.98 Å². The van der Waals surface area contributed by atoms with Gasteiger partial charge in [-0.25, -0.2) is 0 Å². The highest BCUT2D eigenvalue weighted by Crippen LogP contribution is 2.09. The first-order valence-electron chi connectivity index (χ1n) is 3.71. The van der Waals surface area contributed by atoms with Crippen molar-refractivity contribution >= 4 is 5.84 Å². The van der Waals surface area contributed by atoms with Crippen LogP contribution in [0.25, 0.3) is 0 Å². The SMILES string of the molecule is COc1ccnc(C/C(N)=N/O)c1. The minimum Gasteiger partial charge on any atom is -0.497 e. The lowest BCUT2D eigenvalue weighted by Crippen LogP contribution is -2.15. The first-order valence-corrected chi connectivity index (χ1v) is 3.71. The van der Waals surface area contributed by atoms with E-state index in [4.69, 9.17) is 15.7 Å². The van der Waals surface area contributed by atoms with E-state index in [2.05, 4.69) is 10.1 Å². The van der Waals surface area contributed by atoms with Gasteiger partial charge in [0.05, 0.1) is 19.2 Å². The van der Waals surface area contributed by atoms with E-state index in [1.54, 1.807) is 25.4 Å². The van der Waals surface area contributed by atoms with Crippen LogP contribution in [-0.2, 0) is 6.42 Å². The summed E-state index contributed by atoms with van der Waals surface area (Å²) in [4.78, 5) is 4.02. The maximum absolute atomic E-state index is 8.33. The van der Waals surface area contributed by atoms with Gasteiger partial charge in [0.1, 0.15) is 11.6 Å². The van der Waals surface area contributed by atoms with Crippen LogP contribution < -0.4 is 10.5 Å². The molecule has 70 valence electrons. The lowest BCUT2D eigenvalue weighted by molar-refractivity contribution is 0.317. The Morgan fingerprint density at radius 3 is 3.15 bits per heavy atom. The molecule has 0 fully saturated rings. The van der Waals surface area contributed by atoms with Crippen molar-refractivity contribution in [3.05, 3.63) is 24.0 Å². The molecule has 13 heavy (non-hydrogen) atoms. The van der Waals surface area contributed by atoms with Crippen LogP contribution in [0.2, 0.25) is 0 Å². The van der Waals surface area contributed by atoms with Crippen molar-refractivity contribution in [2.24, 2.45) is 10.9 Å². The molecule has 0 bridgehead atoms. The number of pyridine rings is 1. The molecule has 0 aliphatic carbocycles. The van der Waals surface area contributed by atoms with Gasteiger partial charge in [0.2, 0.25) is 0 Å². The van der Waals surface area contributed by atoms with Gasteiger partial charge in [-0.2, -0.15) is 0 Å². The van der Waals surface area contributed by atoms with E-state index in [9.17, 15) is 0 Å². The van der Waals surface area contributed by atoms with Crippen LogP contribution in [-0.4, -0.2) is 23.1 Å². The van der Waals surface area contributed by atoms with E-state index in [1.807, 2.05) is 0 Å². The van der Waals surface area contributed by atoms with Crippen LogP contribution in [0, 0.1) is 0 Å². The van der Waals surface area contributed by atoms with Gasteiger partial charge in [-0.15, -0.1) is 0 Å². The first kappa shape index (κ1) is 9.31. The number of rotatable bonds is 3. The molecule has 0 amide bonds. The van der Waals surface area contributed by atoms with Gasteiger partial charge >= 0.3 is 0 Å². The Labute approximate surface area is 75.8 Å². The third-order valence-electron chi connectivity index (χ3n) is 1.51. The summed E-state index contributed by atoms with van der Waals surface area (Å²) in [6, 6.07) is 3.47. The summed E-state index contributed by atoms with van der Waals surface area (Å²) in [5.41, 5.74) is 6.02. The Balaban J connectivity index is 2.77. The molecule has 1 heterocycles. The molecular formula is C8H11N3O2. The average Bonchev–Trinajstić information content (AvgIpc) is 2.18. The summed E-state index contributed by atoms with van der Waals surface area (Å²) in [7, 11) is 1.57. The Morgan fingerprint density at radius 1 is 1.77 bits per heavy atom. The second kappa shape index (κ2) is 4.30. The molecule has 0 saturated heterocycles. The summed E-state index contributed by atoms with van der Waals surface area (Å²) < 4.78 is 4.99. The number of ether oxygens (including phenoxy) is 1. The zero-order valence-electron chi connectivity index (χ0n) is 7.27. The topological polar surface area (TPSA) is 80.7 Å². The Kier molecular flexibility index (Phi) is 3.08. The summed E-state index contributed by atoms with van der Waals surface area (Å²) in [5, 5.41) is 11.2. The van der Waals surface area contributed by atoms with Crippen LogP contribution in [0.1, 0.15) is 5.69 Å². The highest BCUT2D eigenvalue weighted by atomic mass is 16.5. The Bertz CT molecular complexity index is 312. The van der Waals surface area contributed by atoms with Gasteiger partial charge in [0.25, 0.3) is 0 Å². The normalized spacial score (nSPS) is 11.3. The lowest BCUT2D eigenvalue weighted by atomic mass is 10.2. The standard InChI is InChI=1S/C8H11N3O2/c1-13-7-2-3-10-6(4-7)5-8(9)11-12/h2-4,12H,5H2,1H3,(H2,9,11). The maximum atomic E-state index is 8.33. The van der Waals surface area contributed by atoms with Crippen molar-refractivity contribution in [1.82, 2.24) is 4.98 Å². The van der Waals surface area contributed by atoms with Crippen LogP contribution in [0.5, 0.6) is 5.75 Å². The molecule has 0 aliphatic heterocycles. The fourth-order valence-corrected chi connectivity index (χ4v) is 0.901. The molecule has 3 N–H and O–H groups in total. The number of hydrogen-bond donors (Lipinski definition) is 2. The second-order valence-corrected chi connectivity index (χ2v) is 2.46. The lowest BCUT2D eigenvalue weighted by Gasteiger charge is -2.01. The monoisotopic (exact) mass is 181 g/mol. The fourth-order valence-electron chi connectivity index (χ4n) is 0.901. The zero-order chi connectivity index (χ0) is 9.68. The van der Waals surface area contributed by atoms with Crippen LogP contribution in [0.15, 0.2) is 23.5 Å². The fraction of sp³-hybridized carbons (Fsp3) is 0.250. The van der Waals surface area contributed by atoms with E-state index >= 15 is 0 Å². The molecule has 0 saturated carbocycles. The van der Waals surface area contributed by atoms with Crippen molar-refractivity contribution < 1.29 is 9.94 Å². The molecule has 0 spiro atoms. The minimum atomic E-state index is 0.126. The third-order valence-corrected chi connectivity index (χ3v) is 1.51. The molecule has 1 aromatic rings. The Morgan fingerprint density at radius 2 is 2.54 bits per heavy atom. The molecule has 1 rings (SSSR count). The molecule has 0 unspecified atom stereocenters. The smallest absolute Gasteiger partial charge is 0.145 e. The number of methoxy groups -OCH3 is 1. The highest BCUT2D eigenvalue weighted by Gasteiger charge is 2.00. The summed E-state index contributed by atoms with van der Waals surface area (Å²) in [6.07, 6.45) is 1.92. The van der Waals surface area contributed by atoms with Gasteiger partial charge in [-0.1, -0.05) is 5.16 Å². The van der Waals surface area contributed by atoms with Crippen molar-refractivity contribution in [2.75, 3.05) is 7.11 Å². The average molecular weight is 181 g/mol. The van der Waals surface area contributed by atoms with Crippen LogP contribution in [0.3, 0.4) is 0 Å². The van der Waals surface area contributed by atoms with Gasteiger partial charge in [0, 0.05) is 12.3 Å². The number of aromatic nitrogens is 1. The van der Waals surface area contributed by atoms with E-state index in [-0.39, 0.29) is 5.84 Å². The quantitative estimate of drug-likeness (QED) is 0.306. The summed E-state index contributed by atoms with van der Waals surface area (Å²) in [5.74, 6) is 0.830. The maximum Gasteiger partial charge on any atom is 0.145 e. The predicted octanol–water partition coefficient (Wildman–Crippen LogP) is 0.379.